The molecule has 0 spiro atoms. The zero-order valence-corrected chi connectivity index (χ0v) is 11.5. The average molecular weight is 279 g/mol. The van der Waals surface area contributed by atoms with Crippen molar-refractivity contribution < 1.29 is 4.79 Å². The molecule has 0 radical (unpaired) electrons. The van der Waals surface area contributed by atoms with Gasteiger partial charge in [-0.3, -0.25) is 4.68 Å². The van der Waals surface area contributed by atoms with E-state index in [1.807, 2.05) is 20.0 Å². The molecule has 0 fully saturated rings. The van der Waals surface area contributed by atoms with E-state index in [0.29, 0.717) is 17.3 Å². The summed E-state index contributed by atoms with van der Waals surface area (Å²) < 4.78 is 1.77. The number of carbonyl (C=O) groups is 1. The van der Waals surface area contributed by atoms with Crippen LogP contribution in [0.2, 0.25) is 5.02 Å². The molecular formula is C13H15ClN4O. The van der Waals surface area contributed by atoms with Crippen LogP contribution in [-0.2, 0) is 13.6 Å². The van der Waals surface area contributed by atoms with Crippen LogP contribution in [0, 0.1) is 6.92 Å². The number of nitrogens with one attached hydrogen (secondary N) is 2. The van der Waals surface area contributed by atoms with Gasteiger partial charge < -0.3 is 10.6 Å². The number of urea groups is 1. The lowest BCUT2D eigenvalue weighted by molar-refractivity contribution is 0.251. The third-order valence-electron chi connectivity index (χ3n) is 2.68. The molecule has 0 aliphatic heterocycles. The molecule has 2 N–H and O–H groups in total. The number of aryl methyl sites for hydroxylation is 2. The number of halogens is 1. The molecule has 0 saturated heterocycles. The molecule has 2 rings (SSSR count). The molecule has 0 atom stereocenters. The molecule has 0 bridgehead atoms. The van der Waals surface area contributed by atoms with Crippen LogP contribution in [0.3, 0.4) is 0 Å². The van der Waals surface area contributed by atoms with Crippen molar-refractivity contribution in [1.82, 2.24) is 15.1 Å². The summed E-state index contributed by atoms with van der Waals surface area (Å²) >= 11 is 5.84. The standard InChI is InChI=1S/C13H15ClN4O/c1-9-6-12(17-18(9)2)8-15-13(19)16-11-5-3-4-10(14)7-11/h3-7H,8H2,1-2H3,(H2,15,16,19). The first-order valence-electron chi connectivity index (χ1n) is 5.84. The summed E-state index contributed by atoms with van der Waals surface area (Å²) in [5, 5.41) is 10.3. The van der Waals surface area contributed by atoms with Crippen LogP contribution in [0.25, 0.3) is 0 Å². The Hall–Kier alpha value is -2.01. The molecule has 2 aromatic rings. The average Bonchev–Trinajstić information content (AvgIpc) is 2.66. The quantitative estimate of drug-likeness (QED) is 0.907. The van der Waals surface area contributed by atoms with Crippen molar-refractivity contribution in [3.8, 4) is 0 Å². The minimum absolute atomic E-state index is 0.287. The normalized spacial score (nSPS) is 10.3. The van der Waals surface area contributed by atoms with E-state index in [-0.39, 0.29) is 6.03 Å². The molecule has 0 aliphatic rings. The molecule has 0 aliphatic carbocycles. The predicted octanol–water partition coefficient (Wildman–Crippen LogP) is 2.70. The highest BCUT2D eigenvalue weighted by molar-refractivity contribution is 6.30. The Bertz CT molecular complexity index is 575. The number of nitrogens with zero attached hydrogens (tertiary/aromatic N) is 2. The fourth-order valence-electron chi connectivity index (χ4n) is 1.63. The van der Waals surface area contributed by atoms with Gasteiger partial charge in [0.25, 0.3) is 0 Å². The van der Waals surface area contributed by atoms with Gasteiger partial charge in [0.05, 0.1) is 12.2 Å². The molecule has 6 heteroatoms. The highest BCUT2D eigenvalue weighted by Crippen LogP contribution is 2.14. The number of benzene rings is 1. The molecule has 2 amide bonds. The maximum atomic E-state index is 11.7. The fourth-order valence-corrected chi connectivity index (χ4v) is 1.82. The van der Waals surface area contributed by atoms with E-state index < -0.39 is 0 Å². The Morgan fingerprint density at radius 1 is 1.42 bits per heavy atom. The number of hydrogen-bond donors (Lipinski definition) is 2. The maximum Gasteiger partial charge on any atom is 0.319 e. The van der Waals surface area contributed by atoms with Crippen molar-refractivity contribution in [2.75, 3.05) is 5.32 Å². The smallest absolute Gasteiger partial charge is 0.319 e. The van der Waals surface area contributed by atoms with Gasteiger partial charge in [0.2, 0.25) is 0 Å². The highest BCUT2D eigenvalue weighted by Gasteiger charge is 2.05. The zero-order chi connectivity index (χ0) is 13.8. The van der Waals surface area contributed by atoms with Crippen molar-refractivity contribution in [2.24, 2.45) is 7.05 Å². The largest absolute Gasteiger partial charge is 0.332 e. The number of amides is 2. The molecular weight excluding hydrogens is 264 g/mol. The Labute approximate surface area is 116 Å². The summed E-state index contributed by atoms with van der Waals surface area (Å²) in [6, 6.07) is 8.63. The molecule has 19 heavy (non-hydrogen) atoms. The third kappa shape index (κ3) is 3.72. The van der Waals surface area contributed by atoms with Crippen LogP contribution in [-0.4, -0.2) is 15.8 Å². The van der Waals surface area contributed by atoms with Gasteiger partial charge in [0, 0.05) is 23.5 Å². The number of rotatable bonds is 3. The van der Waals surface area contributed by atoms with Crippen molar-refractivity contribution in [3.05, 3.63) is 46.7 Å². The summed E-state index contributed by atoms with van der Waals surface area (Å²) in [4.78, 5) is 11.7. The number of hydrogen-bond acceptors (Lipinski definition) is 2. The van der Waals surface area contributed by atoms with Crippen molar-refractivity contribution in [1.29, 1.82) is 0 Å². The van der Waals surface area contributed by atoms with Gasteiger partial charge in [-0.15, -0.1) is 0 Å². The van der Waals surface area contributed by atoms with E-state index in [4.69, 9.17) is 11.6 Å². The SMILES string of the molecule is Cc1cc(CNC(=O)Nc2cccc(Cl)c2)nn1C. The molecule has 100 valence electrons. The van der Waals surface area contributed by atoms with E-state index >= 15 is 0 Å². The van der Waals surface area contributed by atoms with E-state index in [0.717, 1.165) is 11.4 Å². The van der Waals surface area contributed by atoms with Gasteiger partial charge in [0.15, 0.2) is 0 Å². The van der Waals surface area contributed by atoms with E-state index in [1.54, 1.807) is 28.9 Å². The second-order valence-corrected chi connectivity index (χ2v) is 4.66. The Balaban J connectivity index is 1.88. The van der Waals surface area contributed by atoms with Gasteiger partial charge in [-0.2, -0.15) is 5.10 Å². The molecule has 1 heterocycles. The lowest BCUT2D eigenvalue weighted by Crippen LogP contribution is -2.28. The Kier molecular flexibility index (Phi) is 4.06. The van der Waals surface area contributed by atoms with Gasteiger partial charge >= 0.3 is 6.03 Å². The van der Waals surface area contributed by atoms with Crippen molar-refractivity contribution >= 4 is 23.3 Å². The fraction of sp³-hybridized carbons (Fsp3) is 0.231. The topological polar surface area (TPSA) is 59.0 Å². The zero-order valence-electron chi connectivity index (χ0n) is 10.8. The number of anilines is 1. The highest BCUT2D eigenvalue weighted by atomic mass is 35.5. The Morgan fingerprint density at radius 2 is 2.21 bits per heavy atom. The monoisotopic (exact) mass is 278 g/mol. The predicted molar refractivity (Wildman–Crippen MR) is 75.3 cm³/mol. The second kappa shape index (κ2) is 5.75. The first-order chi connectivity index (χ1) is 9.04. The van der Waals surface area contributed by atoms with E-state index in [1.165, 1.54) is 0 Å². The first kappa shape index (κ1) is 13.4. The molecule has 5 nitrogen and oxygen atoms in total. The summed E-state index contributed by atoms with van der Waals surface area (Å²) in [6.07, 6.45) is 0. The van der Waals surface area contributed by atoms with E-state index in [9.17, 15) is 4.79 Å². The minimum Gasteiger partial charge on any atom is -0.332 e. The molecule has 1 aromatic heterocycles. The van der Waals surface area contributed by atoms with Crippen LogP contribution >= 0.6 is 11.6 Å². The van der Waals surface area contributed by atoms with Gasteiger partial charge in [-0.25, -0.2) is 4.79 Å². The minimum atomic E-state index is -0.287. The first-order valence-corrected chi connectivity index (χ1v) is 6.22. The van der Waals surface area contributed by atoms with Crippen LogP contribution in [0.1, 0.15) is 11.4 Å². The Morgan fingerprint density at radius 3 is 2.84 bits per heavy atom. The number of carbonyl (C=O) groups excluding carboxylic acids is 1. The van der Waals surface area contributed by atoms with Crippen LogP contribution < -0.4 is 10.6 Å². The second-order valence-electron chi connectivity index (χ2n) is 4.22. The summed E-state index contributed by atoms with van der Waals surface area (Å²) in [5.74, 6) is 0. The lowest BCUT2D eigenvalue weighted by atomic mass is 10.3. The third-order valence-corrected chi connectivity index (χ3v) is 2.91. The van der Waals surface area contributed by atoms with Crippen molar-refractivity contribution in [2.45, 2.75) is 13.5 Å². The summed E-state index contributed by atoms with van der Waals surface area (Å²) in [6.45, 7) is 2.34. The van der Waals surface area contributed by atoms with Gasteiger partial charge in [-0.1, -0.05) is 17.7 Å². The molecule has 0 saturated carbocycles. The summed E-state index contributed by atoms with van der Waals surface area (Å²) in [5.41, 5.74) is 2.52. The summed E-state index contributed by atoms with van der Waals surface area (Å²) in [7, 11) is 1.87. The van der Waals surface area contributed by atoms with Crippen LogP contribution in [0.4, 0.5) is 10.5 Å². The van der Waals surface area contributed by atoms with Crippen LogP contribution in [0.15, 0.2) is 30.3 Å². The van der Waals surface area contributed by atoms with E-state index in [2.05, 4.69) is 15.7 Å². The number of aromatic nitrogens is 2. The molecule has 1 aromatic carbocycles. The van der Waals surface area contributed by atoms with Gasteiger partial charge in [-0.05, 0) is 31.2 Å². The van der Waals surface area contributed by atoms with Crippen LogP contribution in [0.5, 0.6) is 0 Å². The molecule has 0 unspecified atom stereocenters. The lowest BCUT2D eigenvalue weighted by Gasteiger charge is -2.06. The van der Waals surface area contributed by atoms with Gasteiger partial charge in [0.1, 0.15) is 0 Å². The maximum absolute atomic E-state index is 11.7. The van der Waals surface area contributed by atoms with Crippen molar-refractivity contribution in [3.63, 3.8) is 0 Å².